The highest BCUT2D eigenvalue weighted by Gasteiger charge is 2.18. The zero-order chi connectivity index (χ0) is 17.7. The van der Waals surface area contributed by atoms with Crippen molar-refractivity contribution >= 4 is 37.7 Å². The first-order chi connectivity index (χ1) is 12.0. The summed E-state index contributed by atoms with van der Waals surface area (Å²) in [6, 6.07) is 14.6. The number of hydrogen-bond donors (Lipinski definition) is 1. The Labute approximate surface area is 155 Å². The number of aromatic hydroxyl groups is 1. The van der Waals surface area contributed by atoms with Gasteiger partial charge in [-0.05, 0) is 81.9 Å². The molecule has 126 valence electrons. The Hall–Kier alpha value is -2.26. The molecule has 0 atom stereocenters. The first-order valence-corrected chi connectivity index (χ1v) is 9.23. The standard InChI is InChI=1S/C22H19BrO2/c1-4-14-9-16(10-18(23)22(14)24)21-17-8-6-5-7-15(17)11-19-20(21)12(2)13(3)25-19/h5-11,24H,4H2,1-3H3. The number of fused-ring (bicyclic) bond motifs is 2. The van der Waals surface area contributed by atoms with E-state index in [2.05, 4.69) is 60.1 Å². The summed E-state index contributed by atoms with van der Waals surface area (Å²) in [7, 11) is 0. The van der Waals surface area contributed by atoms with Gasteiger partial charge in [-0.15, -0.1) is 0 Å². The molecule has 3 heteroatoms. The van der Waals surface area contributed by atoms with E-state index in [4.69, 9.17) is 4.42 Å². The fraction of sp³-hybridized carbons (Fsp3) is 0.182. The van der Waals surface area contributed by atoms with Crippen LogP contribution in [0.3, 0.4) is 0 Å². The molecule has 0 spiro atoms. The van der Waals surface area contributed by atoms with Gasteiger partial charge in [0, 0.05) is 10.9 Å². The average molecular weight is 395 g/mol. The van der Waals surface area contributed by atoms with Crippen LogP contribution in [-0.2, 0) is 6.42 Å². The van der Waals surface area contributed by atoms with Gasteiger partial charge >= 0.3 is 0 Å². The molecule has 0 amide bonds. The highest BCUT2D eigenvalue weighted by molar-refractivity contribution is 9.10. The third kappa shape index (κ3) is 2.46. The van der Waals surface area contributed by atoms with Crippen molar-refractivity contribution in [2.75, 3.05) is 0 Å². The fourth-order valence-electron chi connectivity index (χ4n) is 3.56. The second-order valence-electron chi connectivity index (χ2n) is 6.45. The largest absolute Gasteiger partial charge is 0.506 e. The Morgan fingerprint density at radius 3 is 2.60 bits per heavy atom. The lowest BCUT2D eigenvalue weighted by atomic mass is 9.91. The predicted molar refractivity (Wildman–Crippen MR) is 107 cm³/mol. The zero-order valence-electron chi connectivity index (χ0n) is 14.5. The maximum absolute atomic E-state index is 10.3. The molecule has 0 bridgehead atoms. The molecule has 1 N–H and O–H groups in total. The topological polar surface area (TPSA) is 33.4 Å². The number of furan rings is 1. The summed E-state index contributed by atoms with van der Waals surface area (Å²) >= 11 is 3.51. The van der Waals surface area contributed by atoms with Crippen LogP contribution in [0.2, 0.25) is 0 Å². The summed E-state index contributed by atoms with van der Waals surface area (Å²) in [5, 5.41) is 13.8. The van der Waals surface area contributed by atoms with Crippen LogP contribution in [0.25, 0.3) is 32.9 Å². The fourth-order valence-corrected chi connectivity index (χ4v) is 4.06. The van der Waals surface area contributed by atoms with Crippen LogP contribution in [0.4, 0.5) is 0 Å². The molecule has 0 saturated heterocycles. The van der Waals surface area contributed by atoms with Gasteiger partial charge in [-0.3, -0.25) is 0 Å². The molecule has 0 aliphatic rings. The first-order valence-electron chi connectivity index (χ1n) is 8.44. The molecule has 25 heavy (non-hydrogen) atoms. The monoisotopic (exact) mass is 394 g/mol. The van der Waals surface area contributed by atoms with Gasteiger partial charge in [-0.1, -0.05) is 31.2 Å². The van der Waals surface area contributed by atoms with Crippen LogP contribution in [-0.4, -0.2) is 5.11 Å². The molecular formula is C22H19BrO2. The second kappa shape index (κ2) is 5.92. The molecule has 3 aromatic carbocycles. The van der Waals surface area contributed by atoms with Gasteiger partial charge in [0.15, 0.2) is 0 Å². The van der Waals surface area contributed by atoms with Crippen LogP contribution in [0, 0.1) is 13.8 Å². The molecule has 4 rings (SSSR count). The number of phenols is 1. The summed E-state index contributed by atoms with van der Waals surface area (Å²) in [5.74, 6) is 1.27. The lowest BCUT2D eigenvalue weighted by Crippen LogP contribution is -1.89. The highest BCUT2D eigenvalue weighted by atomic mass is 79.9. The Morgan fingerprint density at radius 1 is 1.08 bits per heavy atom. The van der Waals surface area contributed by atoms with E-state index in [1.165, 1.54) is 5.39 Å². The normalized spacial score (nSPS) is 11.5. The Bertz CT molecular complexity index is 1120. The summed E-state index contributed by atoms with van der Waals surface area (Å²) < 4.78 is 6.74. The lowest BCUT2D eigenvalue weighted by Gasteiger charge is -2.13. The van der Waals surface area contributed by atoms with Gasteiger partial charge in [0.2, 0.25) is 0 Å². The van der Waals surface area contributed by atoms with Gasteiger partial charge in [-0.25, -0.2) is 0 Å². The molecule has 1 heterocycles. The molecule has 0 aliphatic carbocycles. The number of phenolic OH excluding ortho intramolecular Hbond substituents is 1. The highest BCUT2D eigenvalue weighted by Crippen LogP contribution is 2.43. The van der Waals surface area contributed by atoms with Crippen molar-refractivity contribution in [2.24, 2.45) is 0 Å². The number of aryl methyl sites for hydroxylation is 3. The minimum Gasteiger partial charge on any atom is -0.506 e. The smallest absolute Gasteiger partial charge is 0.135 e. The van der Waals surface area contributed by atoms with Crippen LogP contribution < -0.4 is 0 Å². The average Bonchev–Trinajstić information content (AvgIpc) is 2.89. The third-order valence-electron chi connectivity index (χ3n) is 4.99. The van der Waals surface area contributed by atoms with E-state index in [-0.39, 0.29) is 0 Å². The van der Waals surface area contributed by atoms with Crippen molar-refractivity contribution in [3.63, 3.8) is 0 Å². The van der Waals surface area contributed by atoms with E-state index in [9.17, 15) is 5.11 Å². The van der Waals surface area contributed by atoms with Gasteiger partial charge in [0.1, 0.15) is 17.1 Å². The summed E-state index contributed by atoms with van der Waals surface area (Å²) in [6.07, 6.45) is 0.773. The minimum atomic E-state index is 0.322. The summed E-state index contributed by atoms with van der Waals surface area (Å²) in [4.78, 5) is 0. The van der Waals surface area contributed by atoms with Gasteiger partial charge in [0.25, 0.3) is 0 Å². The number of benzene rings is 3. The van der Waals surface area contributed by atoms with E-state index in [0.29, 0.717) is 5.75 Å². The molecule has 0 aliphatic heterocycles. The quantitative estimate of drug-likeness (QED) is 0.400. The molecule has 0 radical (unpaired) electrons. The number of rotatable bonds is 2. The van der Waals surface area contributed by atoms with Crippen LogP contribution in [0.1, 0.15) is 23.8 Å². The maximum Gasteiger partial charge on any atom is 0.135 e. The van der Waals surface area contributed by atoms with Gasteiger partial charge < -0.3 is 9.52 Å². The molecular weight excluding hydrogens is 376 g/mol. The molecule has 2 nitrogen and oxygen atoms in total. The van der Waals surface area contributed by atoms with Crippen molar-refractivity contribution in [3.8, 4) is 16.9 Å². The van der Waals surface area contributed by atoms with Crippen molar-refractivity contribution < 1.29 is 9.52 Å². The van der Waals surface area contributed by atoms with E-state index in [0.717, 1.165) is 55.3 Å². The van der Waals surface area contributed by atoms with E-state index in [1.807, 2.05) is 19.1 Å². The Kier molecular flexibility index (Phi) is 3.84. The molecule has 4 aromatic rings. The Balaban J connectivity index is 2.20. The van der Waals surface area contributed by atoms with Crippen LogP contribution >= 0.6 is 15.9 Å². The van der Waals surface area contributed by atoms with Crippen molar-refractivity contribution in [3.05, 3.63) is 63.8 Å². The van der Waals surface area contributed by atoms with E-state index >= 15 is 0 Å². The molecule has 1 aromatic heterocycles. The molecule has 0 unspecified atom stereocenters. The minimum absolute atomic E-state index is 0.322. The van der Waals surface area contributed by atoms with Crippen molar-refractivity contribution in [1.82, 2.24) is 0 Å². The zero-order valence-corrected chi connectivity index (χ0v) is 16.1. The summed E-state index contributed by atoms with van der Waals surface area (Å²) in [5.41, 5.74) is 5.26. The second-order valence-corrected chi connectivity index (χ2v) is 7.30. The maximum atomic E-state index is 10.3. The first kappa shape index (κ1) is 16.2. The SMILES string of the molecule is CCc1cc(-c2c3ccccc3cc3oc(C)c(C)c23)cc(Br)c1O. The molecule has 0 fully saturated rings. The van der Waals surface area contributed by atoms with Crippen molar-refractivity contribution in [2.45, 2.75) is 27.2 Å². The predicted octanol–water partition coefficient (Wildman–Crippen LogP) is 6.90. The van der Waals surface area contributed by atoms with Gasteiger partial charge in [-0.2, -0.15) is 0 Å². The number of halogens is 1. The number of hydrogen-bond acceptors (Lipinski definition) is 2. The Morgan fingerprint density at radius 2 is 1.84 bits per heavy atom. The lowest BCUT2D eigenvalue weighted by molar-refractivity contribution is 0.465. The van der Waals surface area contributed by atoms with Crippen LogP contribution in [0.5, 0.6) is 5.75 Å². The third-order valence-corrected chi connectivity index (χ3v) is 5.60. The van der Waals surface area contributed by atoms with Crippen LogP contribution in [0.15, 0.2) is 51.4 Å². The molecule has 0 saturated carbocycles. The van der Waals surface area contributed by atoms with E-state index < -0.39 is 0 Å². The van der Waals surface area contributed by atoms with Crippen molar-refractivity contribution in [1.29, 1.82) is 0 Å². The summed E-state index contributed by atoms with van der Waals surface area (Å²) in [6.45, 7) is 6.17. The van der Waals surface area contributed by atoms with Gasteiger partial charge in [0.05, 0.1) is 4.47 Å². The van der Waals surface area contributed by atoms with E-state index in [1.54, 1.807) is 0 Å².